The molecule has 2 atom stereocenters. The van der Waals surface area contributed by atoms with Gasteiger partial charge >= 0.3 is 0 Å². The van der Waals surface area contributed by atoms with Gasteiger partial charge in [0, 0.05) is 11.7 Å². The van der Waals surface area contributed by atoms with Crippen molar-refractivity contribution < 1.29 is 4.42 Å². The van der Waals surface area contributed by atoms with Crippen molar-refractivity contribution in [2.24, 2.45) is 0 Å². The summed E-state index contributed by atoms with van der Waals surface area (Å²) in [6.07, 6.45) is 6.87. The number of thioether (sulfide) groups is 1. The van der Waals surface area contributed by atoms with E-state index in [1.165, 1.54) is 42.9 Å². The predicted molar refractivity (Wildman–Crippen MR) is 65.8 cm³/mol. The van der Waals surface area contributed by atoms with E-state index in [-0.39, 0.29) is 0 Å². The van der Waals surface area contributed by atoms with E-state index in [1.807, 2.05) is 18.0 Å². The summed E-state index contributed by atoms with van der Waals surface area (Å²) >= 11 is 2.02. The highest BCUT2D eigenvalue weighted by Gasteiger charge is 2.24. The van der Waals surface area contributed by atoms with Crippen LogP contribution in [-0.4, -0.2) is 23.0 Å². The highest BCUT2D eigenvalue weighted by Crippen LogP contribution is 2.33. The van der Waals surface area contributed by atoms with Gasteiger partial charge in [0.15, 0.2) is 0 Å². The van der Waals surface area contributed by atoms with Crippen LogP contribution in [0.25, 0.3) is 0 Å². The Morgan fingerprint density at radius 1 is 1.38 bits per heavy atom. The van der Waals surface area contributed by atoms with Gasteiger partial charge in [0.1, 0.15) is 6.26 Å². The number of nitrogens with one attached hydrogen (secondary N) is 1. The Balaban J connectivity index is 1.71. The molecular formula is C12H18N2OS. The number of nitrogens with zero attached hydrogens (tertiary/aromatic N) is 1. The van der Waals surface area contributed by atoms with Crippen LogP contribution in [-0.2, 0) is 0 Å². The Kier molecular flexibility index (Phi) is 3.20. The maximum absolute atomic E-state index is 5.63. The molecule has 2 fully saturated rings. The van der Waals surface area contributed by atoms with Gasteiger partial charge in [-0.3, -0.25) is 0 Å². The summed E-state index contributed by atoms with van der Waals surface area (Å²) in [5, 5.41) is 3.48. The van der Waals surface area contributed by atoms with Crippen molar-refractivity contribution in [2.75, 3.05) is 18.1 Å². The highest BCUT2D eigenvalue weighted by atomic mass is 32.2. The zero-order chi connectivity index (χ0) is 10.8. The average molecular weight is 238 g/mol. The summed E-state index contributed by atoms with van der Waals surface area (Å²) < 4.78 is 5.63. The molecule has 16 heavy (non-hydrogen) atoms. The number of aromatic nitrogens is 1. The van der Waals surface area contributed by atoms with Gasteiger partial charge in [-0.05, 0) is 31.6 Å². The van der Waals surface area contributed by atoms with E-state index in [9.17, 15) is 0 Å². The molecule has 1 aromatic rings. The Hall–Kier alpha value is -0.480. The number of hydrogen-bond donors (Lipinski definition) is 1. The Morgan fingerprint density at radius 2 is 2.38 bits per heavy atom. The first kappa shape index (κ1) is 10.7. The molecule has 0 saturated carbocycles. The zero-order valence-electron chi connectivity index (χ0n) is 9.45. The summed E-state index contributed by atoms with van der Waals surface area (Å²) in [5.41, 5.74) is 1.17. The van der Waals surface area contributed by atoms with Gasteiger partial charge in [0.05, 0.1) is 11.7 Å². The van der Waals surface area contributed by atoms with Gasteiger partial charge in [-0.25, -0.2) is 4.98 Å². The fraction of sp³-hybridized carbons (Fsp3) is 0.750. The third-order valence-electron chi connectivity index (χ3n) is 3.50. The van der Waals surface area contributed by atoms with Crippen LogP contribution in [0.15, 0.2) is 10.7 Å². The topological polar surface area (TPSA) is 38.1 Å². The third-order valence-corrected chi connectivity index (χ3v) is 4.66. The minimum absolute atomic E-state index is 0.358. The zero-order valence-corrected chi connectivity index (χ0v) is 10.3. The molecule has 0 aliphatic carbocycles. The van der Waals surface area contributed by atoms with Crippen molar-refractivity contribution in [3.8, 4) is 0 Å². The van der Waals surface area contributed by atoms with E-state index >= 15 is 0 Å². The molecule has 0 bridgehead atoms. The van der Waals surface area contributed by atoms with Crippen molar-refractivity contribution >= 4 is 11.8 Å². The number of piperidine rings is 1. The Bertz CT molecular complexity index is 341. The molecule has 1 aromatic heterocycles. The van der Waals surface area contributed by atoms with Crippen LogP contribution < -0.4 is 5.32 Å². The molecule has 2 unspecified atom stereocenters. The molecule has 3 rings (SSSR count). The van der Waals surface area contributed by atoms with Crippen molar-refractivity contribution in [2.45, 2.75) is 37.6 Å². The number of rotatable bonds is 2. The van der Waals surface area contributed by atoms with E-state index in [4.69, 9.17) is 4.42 Å². The van der Waals surface area contributed by atoms with Crippen molar-refractivity contribution in [1.29, 1.82) is 0 Å². The molecular weight excluding hydrogens is 220 g/mol. The van der Waals surface area contributed by atoms with Crippen LogP contribution in [0.3, 0.4) is 0 Å². The Morgan fingerprint density at radius 3 is 3.12 bits per heavy atom. The SMILES string of the molecule is c1oc(C2CCCCN2)nc1C1CCSC1. The van der Waals surface area contributed by atoms with Crippen molar-refractivity contribution in [3.63, 3.8) is 0 Å². The van der Waals surface area contributed by atoms with Gasteiger partial charge in [0.25, 0.3) is 0 Å². The van der Waals surface area contributed by atoms with Gasteiger partial charge in [-0.1, -0.05) is 6.42 Å². The molecule has 0 radical (unpaired) electrons. The first-order valence-electron chi connectivity index (χ1n) is 6.20. The molecule has 1 N–H and O–H groups in total. The predicted octanol–water partition coefficient (Wildman–Crippen LogP) is 2.71. The van der Waals surface area contributed by atoms with Crippen LogP contribution in [0, 0.1) is 0 Å². The first-order chi connectivity index (χ1) is 7.93. The first-order valence-corrected chi connectivity index (χ1v) is 7.35. The average Bonchev–Trinajstić information content (AvgIpc) is 3.01. The lowest BCUT2D eigenvalue weighted by atomic mass is 10.0. The maximum Gasteiger partial charge on any atom is 0.211 e. The quantitative estimate of drug-likeness (QED) is 0.859. The summed E-state index contributed by atoms with van der Waals surface area (Å²) in [7, 11) is 0. The molecule has 2 aliphatic heterocycles. The molecule has 2 saturated heterocycles. The van der Waals surface area contributed by atoms with Crippen LogP contribution >= 0.6 is 11.8 Å². The van der Waals surface area contributed by atoms with Crippen LogP contribution in [0.5, 0.6) is 0 Å². The van der Waals surface area contributed by atoms with Gasteiger partial charge in [-0.2, -0.15) is 11.8 Å². The second kappa shape index (κ2) is 4.80. The van der Waals surface area contributed by atoms with Crippen LogP contribution in [0.2, 0.25) is 0 Å². The second-order valence-corrected chi connectivity index (χ2v) is 5.82. The lowest BCUT2D eigenvalue weighted by Crippen LogP contribution is -2.27. The summed E-state index contributed by atoms with van der Waals surface area (Å²) in [6, 6.07) is 0.358. The van der Waals surface area contributed by atoms with E-state index in [0.29, 0.717) is 12.0 Å². The number of oxazole rings is 1. The summed E-state index contributed by atoms with van der Waals surface area (Å²) in [4.78, 5) is 4.67. The molecule has 3 heterocycles. The normalized spacial score (nSPS) is 30.8. The molecule has 2 aliphatic rings. The molecule has 0 amide bonds. The smallest absolute Gasteiger partial charge is 0.211 e. The van der Waals surface area contributed by atoms with Crippen molar-refractivity contribution in [3.05, 3.63) is 17.8 Å². The molecule has 3 nitrogen and oxygen atoms in total. The molecule has 4 heteroatoms. The summed E-state index contributed by atoms with van der Waals surface area (Å²) in [5.74, 6) is 4.02. The van der Waals surface area contributed by atoms with E-state index < -0.39 is 0 Å². The minimum Gasteiger partial charge on any atom is -0.447 e. The Labute approximate surface area is 100 Å². The van der Waals surface area contributed by atoms with E-state index in [0.717, 1.165) is 12.4 Å². The maximum atomic E-state index is 5.63. The minimum atomic E-state index is 0.358. The molecule has 0 aromatic carbocycles. The fourth-order valence-corrected chi connectivity index (χ4v) is 3.72. The van der Waals surface area contributed by atoms with Gasteiger partial charge in [-0.15, -0.1) is 0 Å². The lowest BCUT2D eigenvalue weighted by Gasteiger charge is -2.20. The van der Waals surface area contributed by atoms with Gasteiger partial charge in [0.2, 0.25) is 5.89 Å². The third kappa shape index (κ3) is 2.13. The number of hydrogen-bond acceptors (Lipinski definition) is 4. The molecule has 88 valence electrons. The van der Waals surface area contributed by atoms with Crippen LogP contribution in [0.4, 0.5) is 0 Å². The summed E-state index contributed by atoms with van der Waals surface area (Å²) in [6.45, 7) is 1.10. The van der Waals surface area contributed by atoms with E-state index in [1.54, 1.807) is 0 Å². The van der Waals surface area contributed by atoms with E-state index in [2.05, 4.69) is 10.3 Å². The fourth-order valence-electron chi connectivity index (χ4n) is 2.48. The molecule has 0 spiro atoms. The highest BCUT2D eigenvalue weighted by molar-refractivity contribution is 7.99. The van der Waals surface area contributed by atoms with Crippen LogP contribution in [0.1, 0.15) is 49.2 Å². The standard InChI is InChI=1S/C12H18N2OS/c1-2-5-13-10(3-1)12-14-11(7-15-12)9-4-6-16-8-9/h7,9-10,13H,1-6,8H2. The lowest BCUT2D eigenvalue weighted by molar-refractivity contribution is 0.338. The monoisotopic (exact) mass is 238 g/mol. The van der Waals surface area contributed by atoms with Crippen molar-refractivity contribution in [1.82, 2.24) is 10.3 Å². The second-order valence-electron chi connectivity index (χ2n) is 4.67. The largest absolute Gasteiger partial charge is 0.447 e. The van der Waals surface area contributed by atoms with Gasteiger partial charge < -0.3 is 9.73 Å².